The first-order valence-electron chi connectivity index (χ1n) is 3.22. The molecule has 0 spiro atoms. The fourth-order valence-corrected chi connectivity index (χ4v) is 1.16. The number of hydrogen-bond donors (Lipinski definition) is 1. The maximum absolute atomic E-state index is 10.8. The average molecular weight is 133 g/mol. The van der Waals surface area contributed by atoms with Crippen molar-refractivity contribution in [3.05, 3.63) is 36.1 Å². The Kier molecular flexibility index (Phi) is 1.01. The van der Waals surface area contributed by atoms with Crippen molar-refractivity contribution in [3.63, 3.8) is 0 Å². The molecule has 2 nitrogen and oxygen atoms in total. The van der Waals surface area contributed by atoms with Gasteiger partial charge in [-0.3, -0.25) is 4.79 Å². The number of allylic oxidation sites excluding steroid dienone is 2. The topological polar surface area (TPSA) is 29.1 Å². The van der Waals surface area contributed by atoms with Crippen LogP contribution in [0.15, 0.2) is 36.1 Å². The first kappa shape index (κ1) is 5.47. The van der Waals surface area contributed by atoms with E-state index in [4.69, 9.17) is 0 Å². The average Bonchev–Trinajstić information content (AvgIpc) is 2.33. The van der Waals surface area contributed by atoms with Gasteiger partial charge in [0.2, 0.25) is 0 Å². The minimum absolute atomic E-state index is 0.0830. The Labute approximate surface area is 58.9 Å². The lowest BCUT2D eigenvalue weighted by atomic mass is 10.0. The zero-order valence-electron chi connectivity index (χ0n) is 5.37. The number of rotatable bonds is 0. The second-order valence-corrected chi connectivity index (χ2v) is 2.38. The van der Waals surface area contributed by atoms with Crippen LogP contribution < -0.4 is 5.32 Å². The highest BCUT2D eigenvalue weighted by Gasteiger charge is 2.16. The van der Waals surface area contributed by atoms with Crippen LogP contribution in [0, 0.1) is 0 Å². The number of carbonyl (C=O) groups excluding carboxylic acids is 1. The van der Waals surface area contributed by atoms with Gasteiger partial charge in [-0.15, -0.1) is 0 Å². The number of ketones is 1. The normalized spacial score (nSPS) is 27.8. The second-order valence-electron chi connectivity index (χ2n) is 2.38. The quantitative estimate of drug-likeness (QED) is 0.522. The largest absolute Gasteiger partial charge is 0.381 e. The molecule has 0 aromatic rings. The van der Waals surface area contributed by atoms with Crippen molar-refractivity contribution in [2.45, 2.75) is 6.04 Å². The second kappa shape index (κ2) is 1.84. The van der Waals surface area contributed by atoms with Gasteiger partial charge in [0.15, 0.2) is 5.78 Å². The summed E-state index contributed by atoms with van der Waals surface area (Å²) in [4.78, 5) is 10.8. The maximum Gasteiger partial charge on any atom is 0.178 e. The highest BCUT2D eigenvalue weighted by molar-refractivity contribution is 6.01. The van der Waals surface area contributed by atoms with Crippen LogP contribution in [-0.4, -0.2) is 11.8 Å². The lowest BCUT2D eigenvalue weighted by Crippen LogP contribution is -2.21. The van der Waals surface area contributed by atoms with E-state index >= 15 is 0 Å². The number of hydrogen-bond acceptors (Lipinski definition) is 2. The van der Waals surface area contributed by atoms with E-state index in [1.165, 1.54) is 0 Å². The molecule has 1 aliphatic heterocycles. The summed E-state index contributed by atoms with van der Waals surface area (Å²) in [6, 6.07) is 0.248. The Hall–Kier alpha value is -1.31. The van der Waals surface area contributed by atoms with Gasteiger partial charge < -0.3 is 5.32 Å². The van der Waals surface area contributed by atoms with Crippen molar-refractivity contribution in [1.29, 1.82) is 0 Å². The van der Waals surface area contributed by atoms with Crippen LogP contribution in [0.5, 0.6) is 0 Å². The molecule has 0 bridgehead atoms. The molecule has 0 saturated carbocycles. The third-order valence-electron chi connectivity index (χ3n) is 1.67. The monoisotopic (exact) mass is 133 g/mol. The molecule has 1 atom stereocenters. The van der Waals surface area contributed by atoms with Crippen LogP contribution in [-0.2, 0) is 4.79 Å². The van der Waals surface area contributed by atoms with Crippen LogP contribution >= 0.6 is 0 Å². The fraction of sp³-hybridized carbons (Fsp3) is 0.125. The molecule has 1 aliphatic carbocycles. The number of nitrogens with one attached hydrogen (secondary N) is 1. The van der Waals surface area contributed by atoms with Crippen molar-refractivity contribution >= 4 is 5.78 Å². The molecule has 10 heavy (non-hydrogen) atoms. The third kappa shape index (κ3) is 0.692. The van der Waals surface area contributed by atoms with E-state index in [-0.39, 0.29) is 11.8 Å². The third-order valence-corrected chi connectivity index (χ3v) is 1.67. The van der Waals surface area contributed by atoms with Crippen LogP contribution in [0.2, 0.25) is 0 Å². The molecule has 0 saturated heterocycles. The number of carbonyl (C=O) groups is 1. The van der Waals surface area contributed by atoms with Crippen molar-refractivity contribution in [2.24, 2.45) is 0 Å². The Morgan fingerprint density at radius 2 is 2.30 bits per heavy atom. The fourth-order valence-electron chi connectivity index (χ4n) is 1.16. The minimum atomic E-state index is 0.0830. The smallest absolute Gasteiger partial charge is 0.178 e. The van der Waals surface area contributed by atoms with Crippen molar-refractivity contribution in [1.82, 2.24) is 5.32 Å². The molecule has 0 amide bonds. The summed E-state index contributed by atoms with van der Waals surface area (Å²) in [5.74, 6) is 0.0830. The first-order valence-corrected chi connectivity index (χ1v) is 3.22. The van der Waals surface area contributed by atoms with Crippen LogP contribution in [0.4, 0.5) is 0 Å². The molecule has 2 aliphatic rings. The zero-order chi connectivity index (χ0) is 6.97. The van der Waals surface area contributed by atoms with E-state index in [1.54, 1.807) is 12.2 Å². The van der Waals surface area contributed by atoms with Crippen molar-refractivity contribution in [2.75, 3.05) is 0 Å². The first-order chi connectivity index (χ1) is 4.86. The van der Waals surface area contributed by atoms with Gasteiger partial charge in [-0.25, -0.2) is 0 Å². The van der Waals surface area contributed by atoms with E-state index in [0.29, 0.717) is 0 Å². The highest BCUT2D eigenvalue weighted by atomic mass is 16.1. The summed E-state index contributed by atoms with van der Waals surface area (Å²) < 4.78 is 0. The lowest BCUT2D eigenvalue weighted by molar-refractivity contribution is -0.110. The molecule has 0 aromatic heterocycles. The zero-order valence-corrected chi connectivity index (χ0v) is 5.37. The summed E-state index contributed by atoms with van der Waals surface area (Å²) in [6.45, 7) is 0. The predicted octanol–water partition coefficient (Wildman–Crippen LogP) is 0.537. The molecule has 2 heteroatoms. The van der Waals surface area contributed by atoms with Crippen LogP contribution in [0.3, 0.4) is 0 Å². The van der Waals surface area contributed by atoms with Gasteiger partial charge in [0, 0.05) is 0 Å². The molecule has 0 radical (unpaired) electrons. The molecule has 0 fully saturated rings. The van der Waals surface area contributed by atoms with E-state index in [2.05, 4.69) is 5.32 Å². The van der Waals surface area contributed by atoms with Gasteiger partial charge in [0.05, 0.1) is 6.04 Å². The van der Waals surface area contributed by atoms with Gasteiger partial charge in [0.25, 0.3) is 0 Å². The minimum Gasteiger partial charge on any atom is -0.381 e. The van der Waals surface area contributed by atoms with Gasteiger partial charge in [-0.05, 0) is 30.0 Å². The predicted molar refractivity (Wildman–Crippen MR) is 38.3 cm³/mol. The van der Waals surface area contributed by atoms with Gasteiger partial charge in [0.1, 0.15) is 0 Å². The molecule has 1 heterocycles. The van der Waals surface area contributed by atoms with Gasteiger partial charge in [-0.2, -0.15) is 0 Å². The summed E-state index contributed by atoms with van der Waals surface area (Å²) in [7, 11) is 0. The summed E-state index contributed by atoms with van der Waals surface area (Å²) >= 11 is 0. The Morgan fingerprint density at radius 1 is 1.40 bits per heavy atom. The molecule has 2 rings (SSSR count). The molecule has 0 unspecified atom stereocenters. The van der Waals surface area contributed by atoms with Crippen molar-refractivity contribution in [3.8, 4) is 0 Å². The Bertz CT molecular complexity index is 260. The van der Waals surface area contributed by atoms with Gasteiger partial charge >= 0.3 is 0 Å². The summed E-state index contributed by atoms with van der Waals surface area (Å²) in [6.07, 6.45) is 8.90. The van der Waals surface area contributed by atoms with E-state index in [1.807, 2.05) is 18.4 Å². The standard InChI is InChI=1S/C8H7NO/c10-7-1-2-8-6(5-7)3-4-9-8/h1-5,8-9H/t8-/m1/s1. The lowest BCUT2D eigenvalue weighted by Gasteiger charge is -2.09. The highest BCUT2D eigenvalue weighted by Crippen LogP contribution is 2.15. The Balaban J connectivity index is 2.37. The molecule has 0 aromatic carbocycles. The molecule has 1 N–H and O–H groups in total. The van der Waals surface area contributed by atoms with E-state index < -0.39 is 0 Å². The molecular formula is C8H7NO. The Morgan fingerprint density at radius 3 is 3.20 bits per heavy atom. The number of fused-ring (bicyclic) bond motifs is 1. The van der Waals surface area contributed by atoms with Crippen LogP contribution in [0.1, 0.15) is 0 Å². The molecule has 50 valence electrons. The maximum atomic E-state index is 10.8. The van der Waals surface area contributed by atoms with Gasteiger partial charge in [-0.1, -0.05) is 6.08 Å². The van der Waals surface area contributed by atoms with Crippen LogP contribution in [0.25, 0.3) is 0 Å². The molecular weight excluding hydrogens is 126 g/mol. The van der Waals surface area contributed by atoms with E-state index in [9.17, 15) is 4.79 Å². The summed E-state index contributed by atoms with van der Waals surface area (Å²) in [5, 5.41) is 3.09. The van der Waals surface area contributed by atoms with E-state index in [0.717, 1.165) is 5.57 Å². The SMILES string of the molecule is O=C1C=C[C@H]2NC=CC2=C1. The van der Waals surface area contributed by atoms with Crippen molar-refractivity contribution < 1.29 is 4.79 Å². The summed E-state index contributed by atoms with van der Waals surface area (Å²) in [5.41, 5.74) is 1.06.